The van der Waals surface area contributed by atoms with Crippen molar-refractivity contribution in [2.45, 2.75) is 6.42 Å². The van der Waals surface area contributed by atoms with Crippen LogP contribution in [-0.4, -0.2) is 63.9 Å². The Hall–Kier alpha value is -3.37. The number of benzene rings is 2. The van der Waals surface area contributed by atoms with Gasteiger partial charge < -0.3 is 29.3 Å². The van der Waals surface area contributed by atoms with E-state index < -0.39 is 5.92 Å². The molecular weight excluding hydrogens is 456 g/mol. The quantitative estimate of drug-likeness (QED) is 0.577. The molecule has 0 saturated carbocycles. The Labute approximate surface area is 201 Å². The second-order valence-electron chi connectivity index (χ2n) is 8.21. The number of fused-ring (bicyclic) bond motifs is 1. The van der Waals surface area contributed by atoms with Crippen molar-refractivity contribution in [1.29, 1.82) is 0 Å². The van der Waals surface area contributed by atoms with Crippen molar-refractivity contribution in [3.8, 4) is 11.5 Å². The lowest BCUT2D eigenvalue weighted by atomic mass is 10.1. The molecule has 0 spiro atoms. The Morgan fingerprint density at radius 3 is 2.74 bits per heavy atom. The molecule has 1 aromatic heterocycles. The molecule has 2 saturated heterocycles. The van der Waals surface area contributed by atoms with E-state index >= 15 is 0 Å². The highest BCUT2D eigenvalue weighted by Gasteiger charge is 2.36. The number of aromatic nitrogens is 1. The number of hydrogen-bond donors (Lipinski definition) is 1. The Kier molecular flexibility index (Phi) is 6.25. The first-order valence-corrected chi connectivity index (χ1v) is 11.9. The van der Waals surface area contributed by atoms with E-state index in [1.165, 1.54) is 0 Å². The Balaban J connectivity index is 1.28. The molecule has 0 unspecified atom stereocenters. The van der Waals surface area contributed by atoms with Crippen LogP contribution in [0.3, 0.4) is 0 Å². The minimum Gasteiger partial charge on any atom is -0.497 e. The van der Waals surface area contributed by atoms with Crippen LogP contribution in [0.15, 0.2) is 36.4 Å². The van der Waals surface area contributed by atoms with Gasteiger partial charge in [-0.05, 0) is 30.3 Å². The number of carbonyl (C=O) groups is 2. The molecule has 3 heterocycles. The van der Waals surface area contributed by atoms with Crippen LogP contribution in [0.5, 0.6) is 11.5 Å². The fourth-order valence-corrected chi connectivity index (χ4v) is 5.30. The first-order chi connectivity index (χ1) is 16.6. The number of anilines is 3. The topological polar surface area (TPSA) is 93.2 Å². The first-order valence-electron chi connectivity index (χ1n) is 11.1. The molecule has 2 aliphatic heterocycles. The predicted molar refractivity (Wildman–Crippen MR) is 131 cm³/mol. The van der Waals surface area contributed by atoms with Gasteiger partial charge in [-0.25, -0.2) is 4.98 Å². The van der Waals surface area contributed by atoms with Crippen LogP contribution in [0.4, 0.5) is 16.5 Å². The highest BCUT2D eigenvalue weighted by Crippen LogP contribution is 2.36. The molecule has 10 heteroatoms. The third-order valence-electron chi connectivity index (χ3n) is 6.10. The fourth-order valence-electron chi connectivity index (χ4n) is 4.25. The average molecular weight is 483 g/mol. The number of thiazole rings is 1. The summed E-state index contributed by atoms with van der Waals surface area (Å²) in [6.07, 6.45) is 0.144. The van der Waals surface area contributed by atoms with Gasteiger partial charge in [0.1, 0.15) is 11.5 Å². The zero-order chi connectivity index (χ0) is 23.7. The van der Waals surface area contributed by atoms with E-state index in [4.69, 9.17) is 19.2 Å². The number of nitrogens with one attached hydrogen (secondary N) is 1. The molecule has 34 heavy (non-hydrogen) atoms. The van der Waals surface area contributed by atoms with Crippen molar-refractivity contribution >= 4 is 49.9 Å². The number of carbonyl (C=O) groups excluding carboxylic acids is 2. The van der Waals surface area contributed by atoms with Gasteiger partial charge >= 0.3 is 0 Å². The van der Waals surface area contributed by atoms with Crippen molar-refractivity contribution in [1.82, 2.24) is 4.98 Å². The van der Waals surface area contributed by atoms with Crippen LogP contribution >= 0.6 is 11.3 Å². The van der Waals surface area contributed by atoms with E-state index in [9.17, 15) is 9.59 Å². The van der Waals surface area contributed by atoms with Crippen molar-refractivity contribution in [2.75, 3.05) is 62.2 Å². The number of ether oxygens (including phenoxy) is 3. The molecule has 1 N–H and O–H groups in total. The van der Waals surface area contributed by atoms with Gasteiger partial charge in [-0.2, -0.15) is 0 Å². The van der Waals surface area contributed by atoms with Crippen LogP contribution in [0, 0.1) is 5.92 Å². The lowest BCUT2D eigenvalue weighted by Crippen LogP contribution is -2.36. The highest BCUT2D eigenvalue weighted by atomic mass is 32.1. The van der Waals surface area contributed by atoms with Crippen LogP contribution in [-0.2, 0) is 14.3 Å². The van der Waals surface area contributed by atoms with Gasteiger partial charge in [-0.15, -0.1) is 0 Å². The summed E-state index contributed by atoms with van der Waals surface area (Å²) in [7, 11) is 3.12. The molecule has 9 nitrogen and oxygen atoms in total. The summed E-state index contributed by atoms with van der Waals surface area (Å²) in [6, 6.07) is 11.0. The van der Waals surface area contributed by atoms with Crippen molar-refractivity contribution in [3.05, 3.63) is 36.4 Å². The summed E-state index contributed by atoms with van der Waals surface area (Å²) in [5.74, 6) is 0.412. The maximum atomic E-state index is 13.0. The van der Waals surface area contributed by atoms with Crippen LogP contribution in [0.25, 0.3) is 10.2 Å². The van der Waals surface area contributed by atoms with E-state index in [0.717, 1.165) is 28.4 Å². The normalized spacial score (nSPS) is 18.4. The van der Waals surface area contributed by atoms with Crippen LogP contribution < -0.4 is 24.6 Å². The van der Waals surface area contributed by atoms with E-state index in [1.54, 1.807) is 48.7 Å². The van der Waals surface area contributed by atoms with Crippen molar-refractivity contribution in [3.63, 3.8) is 0 Å². The van der Waals surface area contributed by atoms with Crippen LogP contribution in [0.1, 0.15) is 6.42 Å². The van der Waals surface area contributed by atoms with Gasteiger partial charge in [0.05, 0.1) is 49.3 Å². The number of amides is 2. The van der Waals surface area contributed by atoms with Gasteiger partial charge in [0, 0.05) is 37.8 Å². The van der Waals surface area contributed by atoms with Gasteiger partial charge in [0.15, 0.2) is 5.13 Å². The monoisotopic (exact) mass is 482 g/mol. The summed E-state index contributed by atoms with van der Waals surface area (Å²) in [5, 5.41) is 3.95. The zero-order valence-electron chi connectivity index (χ0n) is 19.1. The lowest BCUT2D eigenvalue weighted by Gasteiger charge is -2.25. The smallest absolute Gasteiger partial charge is 0.229 e. The summed E-state index contributed by atoms with van der Waals surface area (Å²) >= 11 is 1.60. The third kappa shape index (κ3) is 4.38. The molecule has 0 aliphatic carbocycles. The van der Waals surface area contributed by atoms with E-state index in [2.05, 4.69) is 10.2 Å². The minimum atomic E-state index is -0.458. The zero-order valence-corrected chi connectivity index (χ0v) is 19.9. The molecule has 178 valence electrons. The molecule has 5 rings (SSSR count). The summed E-state index contributed by atoms with van der Waals surface area (Å²) in [6.45, 7) is 3.36. The first kappa shape index (κ1) is 22.4. The SMILES string of the molecule is COc1ccc(N2C[C@@H](C(=O)Nc3ccc4nc(N5CCOCC5)sc4c3)CC2=O)c(OC)c1. The highest BCUT2D eigenvalue weighted by molar-refractivity contribution is 7.22. The second kappa shape index (κ2) is 9.47. The van der Waals surface area contributed by atoms with Gasteiger partial charge in [0.25, 0.3) is 0 Å². The molecule has 1 atom stereocenters. The number of methoxy groups -OCH3 is 2. The average Bonchev–Trinajstić information content (AvgIpc) is 3.47. The number of morpholine rings is 1. The molecule has 0 radical (unpaired) electrons. The summed E-state index contributed by atoms with van der Waals surface area (Å²) in [5.41, 5.74) is 2.23. The predicted octanol–water partition coefficient (Wildman–Crippen LogP) is 3.14. The Morgan fingerprint density at radius 1 is 1.15 bits per heavy atom. The van der Waals surface area contributed by atoms with Crippen molar-refractivity contribution in [2.24, 2.45) is 5.92 Å². The van der Waals surface area contributed by atoms with Crippen LogP contribution in [0.2, 0.25) is 0 Å². The van der Waals surface area contributed by atoms with Crippen molar-refractivity contribution < 1.29 is 23.8 Å². The van der Waals surface area contributed by atoms with Gasteiger partial charge in [-0.3, -0.25) is 9.59 Å². The Bertz CT molecular complexity index is 1220. The molecule has 0 bridgehead atoms. The standard InChI is InChI=1S/C24H26N4O5S/c1-31-17-4-6-19(20(13-17)32-2)28-14-15(11-22(28)29)23(30)25-16-3-5-18-21(12-16)34-24(26-18)27-7-9-33-10-8-27/h3-6,12-13,15H,7-11,14H2,1-2H3,(H,25,30)/t15-/m0/s1. The number of rotatable bonds is 6. The van der Waals surface area contributed by atoms with E-state index in [-0.39, 0.29) is 24.8 Å². The number of hydrogen-bond acceptors (Lipinski definition) is 8. The molecule has 2 aliphatic rings. The molecular formula is C24H26N4O5S. The molecule has 2 aromatic carbocycles. The summed E-state index contributed by atoms with van der Waals surface area (Å²) in [4.78, 5) is 34.3. The van der Waals surface area contributed by atoms with E-state index in [0.29, 0.717) is 36.1 Å². The minimum absolute atomic E-state index is 0.114. The summed E-state index contributed by atoms with van der Waals surface area (Å²) < 4.78 is 17.1. The largest absolute Gasteiger partial charge is 0.497 e. The third-order valence-corrected chi connectivity index (χ3v) is 7.18. The fraction of sp³-hybridized carbons (Fsp3) is 0.375. The maximum absolute atomic E-state index is 13.0. The molecule has 2 fully saturated rings. The lowest BCUT2D eigenvalue weighted by molar-refractivity contribution is -0.122. The molecule has 2 amide bonds. The Morgan fingerprint density at radius 2 is 1.97 bits per heavy atom. The molecule has 3 aromatic rings. The van der Waals surface area contributed by atoms with E-state index in [1.807, 2.05) is 18.2 Å². The van der Waals surface area contributed by atoms with Gasteiger partial charge in [0.2, 0.25) is 11.8 Å². The number of nitrogens with zero attached hydrogens (tertiary/aromatic N) is 3. The van der Waals surface area contributed by atoms with Gasteiger partial charge in [-0.1, -0.05) is 11.3 Å². The second-order valence-corrected chi connectivity index (χ2v) is 9.22. The maximum Gasteiger partial charge on any atom is 0.229 e.